The van der Waals surface area contributed by atoms with Gasteiger partial charge < -0.3 is 19.5 Å². The highest BCUT2D eigenvalue weighted by molar-refractivity contribution is 6.10. The summed E-state index contributed by atoms with van der Waals surface area (Å²) in [4.78, 5) is 19.9. The fourth-order valence-corrected chi connectivity index (χ4v) is 3.22. The number of aliphatic imine (C=N–C) groups is 1. The Labute approximate surface area is 183 Å². The topological polar surface area (TPSA) is 84.4 Å². The maximum Gasteiger partial charge on any atom is 0.258 e. The molecule has 0 bridgehead atoms. The highest BCUT2D eigenvalue weighted by Gasteiger charge is 2.14. The number of benzene rings is 2. The molecule has 0 unspecified atom stereocenters. The number of ether oxygens (including phenoxy) is 3. The lowest BCUT2D eigenvalue weighted by atomic mass is 10.2. The maximum atomic E-state index is 12.9. The van der Waals surface area contributed by atoms with E-state index < -0.39 is 0 Å². The van der Waals surface area contributed by atoms with Crippen LogP contribution in [0.25, 0.3) is 0 Å². The number of morpholine rings is 1. The normalized spacial score (nSPS) is 14.7. The Morgan fingerprint density at radius 3 is 2.45 bits per heavy atom. The summed E-state index contributed by atoms with van der Waals surface area (Å²) in [6.45, 7) is 6.64. The average Bonchev–Trinajstić information content (AvgIpc) is 2.79. The number of methoxy groups -OCH3 is 2. The van der Waals surface area contributed by atoms with Gasteiger partial charge in [-0.2, -0.15) is 0 Å². The number of nitrogens with zero attached hydrogens (tertiary/aromatic N) is 2. The number of aryl methyl sites for hydroxylation is 1. The van der Waals surface area contributed by atoms with Crippen LogP contribution in [-0.4, -0.2) is 70.4 Å². The molecule has 0 radical (unpaired) electrons. The predicted molar refractivity (Wildman–Crippen MR) is 121 cm³/mol. The maximum absolute atomic E-state index is 12.9. The summed E-state index contributed by atoms with van der Waals surface area (Å²) < 4.78 is 15.9. The average molecular weight is 427 g/mol. The molecule has 2 aromatic carbocycles. The Balaban J connectivity index is 1.74. The lowest BCUT2D eigenvalue weighted by Gasteiger charge is -2.25. The van der Waals surface area contributed by atoms with E-state index in [4.69, 9.17) is 14.2 Å². The van der Waals surface area contributed by atoms with Gasteiger partial charge >= 0.3 is 0 Å². The van der Waals surface area contributed by atoms with E-state index in [1.165, 1.54) is 0 Å². The van der Waals surface area contributed by atoms with Gasteiger partial charge in [-0.05, 0) is 36.8 Å². The van der Waals surface area contributed by atoms with E-state index >= 15 is 0 Å². The van der Waals surface area contributed by atoms with E-state index in [1.807, 2.05) is 31.2 Å². The van der Waals surface area contributed by atoms with Gasteiger partial charge in [-0.25, -0.2) is 0 Å². The van der Waals surface area contributed by atoms with Gasteiger partial charge in [0.2, 0.25) is 5.96 Å². The van der Waals surface area contributed by atoms with Gasteiger partial charge in [-0.3, -0.25) is 20.0 Å². The molecule has 1 heterocycles. The van der Waals surface area contributed by atoms with Crippen LogP contribution in [0.4, 0.5) is 5.69 Å². The molecule has 2 aromatic rings. The van der Waals surface area contributed by atoms with Crippen molar-refractivity contribution >= 4 is 17.6 Å². The molecule has 31 heavy (non-hydrogen) atoms. The van der Waals surface area contributed by atoms with Gasteiger partial charge in [0, 0.05) is 37.0 Å². The van der Waals surface area contributed by atoms with E-state index in [0.29, 0.717) is 29.6 Å². The first-order valence-electron chi connectivity index (χ1n) is 10.3. The Kier molecular flexibility index (Phi) is 8.26. The van der Waals surface area contributed by atoms with Crippen LogP contribution in [0.1, 0.15) is 15.9 Å². The van der Waals surface area contributed by atoms with Gasteiger partial charge in [0.05, 0.1) is 34.0 Å². The molecule has 8 heteroatoms. The summed E-state index contributed by atoms with van der Waals surface area (Å²) in [6.07, 6.45) is 0. The highest BCUT2D eigenvalue weighted by atomic mass is 16.5. The van der Waals surface area contributed by atoms with E-state index in [-0.39, 0.29) is 5.91 Å². The number of nitrogens with one attached hydrogen (secondary N) is 2. The fraction of sp³-hybridized carbons (Fsp3) is 0.391. The number of amides is 1. The lowest BCUT2D eigenvalue weighted by molar-refractivity contribution is 0.0394. The molecule has 0 aromatic heterocycles. The SMILES string of the molecule is COc1cc(OC)cc(C(=O)NC(=NCCN2CCOCC2)Nc2cccc(C)c2)c1. The van der Waals surface area contributed by atoms with E-state index in [0.717, 1.165) is 44.1 Å². The lowest BCUT2D eigenvalue weighted by Crippen LogP contribution is -2.39. The molecule has 166 valence electrons. The smallest absolute Gasteiger partial charge is 0.258 e. The second-order valence-corrected chi connectivity index (χ2v) is 7.23. The molecule has 0 spiro atoms. The van der Waals surface area contributed by atoms with Gasteiger partial charge in [0.25, 0.3) is 5.91 Å². The van der Waals surface area contributed by atoms with Crippen LogP contribution in [0.5, 0.6) is 11.5 Å². The molecule has 1 saturated heterocycles. The molecule has 1 fully saturated rings. The van der Waals surface area contributed by atoms with E-state index in [2.05, 4.69) is 20.5 Å². The van der Waals surface area contributed by atoms with E-state index in [9.17, 15) is 4.79 Å². The van der Waals surface area contributed by atoms with Crippen LogP contribution in [0.15, 0.2) is 47.5 Å². The Morgan fingerprint density at radius 1 is 1.10 bits per heavy atom. The van der Waals surface area contributed by atoms with Crippen molar-refractivity contribution in [2.24, 2.45) is 4.99 Å². The van der Waals surface area contributed by atoms with Crippen molar-refractivity contribution in [2.75, 3.05) is 58.9 Å². The Morgan fingerprint density at radius 2 is 1.81 bits per heavy atom. The largest absolute Gasteiger partial charge is 0.497 e. The number of hydrogen-bond donors (Lipinski definition) is 2. The van der Waals surface area contributed by atoms with Crippen molar-refractivity contribution in [1.82, 2.24) is 10.2 Å². The first-order chi connectivity index (χ1) is 15.1. The predicted octanol–water partition coefficient (Wildman–Crippen LogP) is 2.54. The number of carbonyl (C=O) groups is 1. The van der Waals surface area contributed by atoms with Crippen molar-refractivity contribution in [3.05, 3.63) is 53.6 Å². The molecule has 1 aliphatic heterocycles. The van der Waals surface area contributed by atoms with Crippen LogP contribution < -0.4 is 20.1 Å². The van der Waals surface area contributed by atoms with Crippen molar-refractivity contribution in [3.8, 4) is 11.5 Å². The first-order valence-corrected chi connectivity index (χ1v) is 10.3. The zero-order valence-electron chi connectivity index (χ0n) is 18.3. The molecular formula is C23H30N4O4. The Hall–Kier alpha value is -3.10. The zero-order chi connectivity index (χ0) is 22.1. The molecule has 2 N–H and O–H groups in total. The molecule has 0 atom stereocenters. The van der Waals surface area contributed by atoms with Crippen LogP contribution in [-0.2, 0) is 4.74 Å². The number of carbonyl (C=O) groups excluding carboxylic acids is 1. The zero-order valence-corrected chi connectivity index (χ0v) is 18.3. The van der Waals surface area contributed by atoms with Crippen LogP contribution in [0.3, 0.4) is 0 Å². The van der Waals surface area contributed by atoms with Crippen molar-refractivity contribution in [3.63, 3.8) is 0 Å². The van der Waals surface area contributed by atoms with Crippen LogP contribution in [0.2, 0.25) is 0 Å². The third-order valence-corrected chi connectivity index (χ3v) is 4.92. The summed E-state index contributed by atoms with van der Waals surface area (Å²) in [5, 5.41) is 6.12. The minimum Gasteiger partial charge on any atom is -0.497 e. The standard InChI is InChI=1S/C23H30N4O4/c1-17-5-4-6-19(13-17)25-23(24-7-8-27-9-11-31-12-10-27)26-22(28)18-14-20(29-2)16-21(15-18)30-3/h4-6,13-16H,7-12H2,1-3H3,(H2,24,25,26,28). The second-order valence-electron chi connectivity index (χ2n) is 7.23. The first kappa shape index (κ1) is 22.6. The molecule has 1 amide bonds. The third-order valence-electron chi connectivity index (χ3n) is 4.92. The van der Waals surface area contributed by atoms with Crippen molar-refractivity contribution < 1.29 is 19.0 Å². The van der Waals surface area contributed by atoms with Crippen LogP contribution >= 0.6 is 0 Å². The van der Waals surface area contributed by atoms with Crippen LogP contribution in [0, 0.1) is 6.92 Å². The molecular weight excluding hydrogens is 396 g/mol. The minimum atomic E-state index is -0.303. The highest BCUT2D eigenvalue weighted by Crippen LogP contribution is 2.22. The summed E-state index contributed by atoms with van der Waals surface area (Å²) in [5.74, 6) is 1.18. The quantitative estimate of drug-likeness (QED) is 0.523. The van der Waals surface area contributed by atoms with Gasteiger partial charge in [-0.1, -0.05) is 12.1 Å². The minimum absolute atomic E-state index is 0.303. The summed E-state index contributed by atoms with van der Waals surface area (Å²) in [6, 6.07) is 13.0. The number of anilines is 1. The van der Waals surface area contributed by atoms with Gasteiger partial charge in [0.15, 0.2) is 0 Å². The molecule has 0 aliphatic carbocycles. The monoisotopic (exact) mass is 426 g/mol. The molecule has 0 saturated carbocycles. The Bertz CT molecular complexity index is 888. The number of guanidine groups is 1. The molecule has 8 nitrogen and oxygen atoms in total. The number of hydrogen-bond acceptors (Lipinski definition) is 6. The number of rotatable bonds is 7. The fourth-order valence-electron chi connectivity index (χ4n) is 3.22. The van der Waals surface area contributed by atoms with Crippen molar-refractivity contribution in [1.29, 1.82) is 0 Å². The second kappa shape index (κ2) is 11.3. The molecule has 3 rings (SSSR count). The summed E-state index contributed by atoms with van der Waals surface area (Å²) in [5.41, 5.74) is 2.39. The van der Waals surface area contributed by atoms with Gasteiger partial charge in [-0.15, -0.1) is 0 Å². The third kappa shape index (κ3) is 6.97. The van der Waals surface area contributed by atoms with Crippen molar-refractivity contribution in [2.45, 2.75) is 6.92 Å². The summed E-state index contributed by atoms with van der Waals surface area (Å²) in [7, 11) is 3.10. The van der Waals surface area contributed by atoms with Gasteiger partial charge in [0.1, 0.15) is 11.5 Å². The summed E-state index contributed by atoms with van der Waals surface area (Å²) >= 11 is 0. The molecule has 1 aliphatic rings. The van der Waals surface area contributed by atoms with E-state index in [1.54, 1.807) is 32.4 Å².